The van der Waals surface area contributed by atoms with Gasteiger partial charge in [-0.25, -0.2) is 0 Å². The Hall–Kier alpha value is -4.86. The molecule has 0 saturated heterocycles. The van der Waals surface area contributed by atoms with Gasteiger partial charge in [0.05, 0.1) is 42.7 Å². The number of hydrogen-bond donors (Lipinski definition) is 0. The summed E-state index contributed by atoms with van der Waals surface area (Å²) < 4.78 is 32.8. The van der Waals surface area contributed by atoms with E-state index in [4.69, 9.17) is 28.4 Å². The molecule has 0 aromatic heterocycles. The van der Waals surface area contributed by atoms with Crippen LogP contribution in [-0.2, 0) is 9.59 Å². The lowest BCUT2D eigenvalue weighted by Crippen LogP contribution is -2.41. The van der Waals surface area contributed by atoms with Crippen molar-refractivity contribution in [3.8, 4) is 34.5 Å². The van der Waals surface area contributed by atoms with E-state index in [1.807, 2.05) is 60.7 Å². The second kappa shape index (κ2) is 23.9. The molecule has 0 radical (unpaired) electrons. The lowest BCUT2D eigenvalue weighted by molar-refractivity contribution is -0.130. The van der Waals surface area contributed by atoms with Gasteiger partial charge in [0.2, 0.25) is 23.3 Å². The Bertz CT molecular complexity index is 1480. The summed E-state index contributed by atoms with van der Waals surface area (Å²) in [6, 6.07) is 8.08. The molecule has 306 valence electrons. The predicted molar refractivity (Wildman–Crippen MR) is 224 cm³/mol. The lowest BCUT2D eigenvalue weighted by atomic mass is 9.93. The fourth-order valence-corrected chi connectivity index (χ4v) is 7.84. The zero-order valence-corrected chi connectivity index (χ0v) is 34.6. The molecule has 2 aromatic carbocycles. The van der Waals surface area contributed by atoms with Crippen LogP contribution in [0.2, 0.25) is 0 Å². The molecular weight excluding hydrogens is 709 g/mol. The predicted octanol–water partition coefficient (Wildman–Crippen LogP) is 9.46. The second-order valence-electron chi connectivity index (χ2n) is 14.4. The molecule has 2 amide bonds. The standard InChI is InChI=1S/C46H64N2O8/c1-51-39-31-35(32-40(52-2)45(39)55-5)21-15-17-27-43(49)47(37-23-11-9-12-24-37)29-19-7-8-20-30-48(38-25-13-10-14-26-38)44(50)28-18-16-22-36-33-41(53-3)46(56-6)42(34-36)54-4/h15-18,21-22,27-28,31-34,37-38H,7-14,19-20,23-26,29-30H2,1-6H3. The molecule has 0 unspecified atom stereocenters. The molecule has 0 spiro atoms. The number of amides is 2. The highest BCUT2D eigenvalue weighted by molar-refractivity contribution is 5.89. The van der Waals surface area contributed by atoms with Gasteiger partial charge in [0.15, 0.2) is 23.0 Å². The number of benzene rings is 2. The Morgan fingerprint density at radius 3 is 1.14 bits per heavy atom. The van der Waals surface area contributed by atoms with Gasteiger partial charge in [-0.2, -0.15) is 0 Å². The van der Waals surface area contributed by atoms with Crippen LogP contribution in [0.25, 0.3) is 12.2 Å². The maximum Gasteiger partial charge on any atom is 0.246 e. The molecule has 0 aliphatic heterocycles. The monoisotopic (exact) mass is 772 g/mol. The van der Waals surface area contributed by atoms with Gasteiger partial charge in [0.25, 0.3) is 0 Å². The molecule has 56 heavy (non-hydrogen) atoms. The highest BCUT2D eigenvalue weighted by atomic mass is 16.5. The van der Waals surface area contributed by atoms with Crippen molar-refractivity contribution < 1.29 is 38.0 Å². The molecule has 4 rings (SSSR count). The van der Waals surface area contributed by atoms with Crippen molar-refractivity contribution in [3.63, 3.8) is 0 Å². The van der Waals surface area contributed by atoms with Crippen LogP contribution in [0.15, 0.2) is 60.7 Å². The van der Waals surface area contributed by atoms with E-state index >= 15 is 0 Å². The van der Waals surface area contributed by atoms with Crippen molar-refractivity contribution in [3.05, 3.63) is 71.8 Å². The Kier molecular flexibility index (Phi) is 18.7. The van der Waals surface area contributed by atoms with Crippen LogP contribution < -0.4 is 28.4 Å². The molecule has 0 atom stereocenters. The summed E-state index contributed by atoms with van der Waals surface area (Å²) >= 11 is 0. The molecule has 0 heterocycles. The highest BCUT2D eigenvalue weighted by Crippen LogP contribution is 2.39. The number of rotatable bonds is 21. The third-order valence-electron chi connectivity index (χ3n) is 10.8. The first kappa shape index (κ1) is 43.9. The van der Waals surface area contributed by atoms with Gasteiger partial charge < -0.3 is 38.2 Å². The Morgan fingerprint density at radius 1 is 0.500 bits per heavy atom. The van der Waals surface area contributed by atoms with Crippen LogP contribution in [0.1, 0.15) is 101 Å². The summed E-state index contributed by atoms with van der Waals surface area (Å²) in [6.45, 7) is 1.49. The Morgan fingerprint density at radius 2 is 0.839 bits per heavy atom. The van der Waals surface area contributed by atoms with Gasteiger partial charge in [-0.3, -0.25) is 9.59 Å². The zero-order chi connectivity index (χ0) is 40.1. The van der Waals surface area contributed by atoms with Crippen LogP contribution in [0, 0.1) is 0 Å². The van der Waals surface area contributed by atoms with E-state index in [9.17, 15) is 9.59 Å². The zero-order valence-electron chi connectivity index (χ0n) is 34.6. The molecule has 0 N–H and O–H groups in total. The van der Waals surface area contributed by atoms with Gasteiger partial charge in [-0.1, -0.05) is 87.8 Å². The van der Waals surface area contributed by atoms with Crippen LogP contribution in [-0.4, -0.2) is 89.4 Å². The summed E-state index contributed by atoms with van der Waals surface area (Å²) in [4.78, 5) is 31.3. The van der Waals surface area contributed by atoms with Gasteiger partial charge in [-0.15, -0.1) is 0 Å². The van der Waals surface area contributed by atoms with E-state index in [-0.39, 0.29) is 23.9 Å². The number of carbonyl (C=O) groups excluding carboxylic acids is 2. The van der Waals surface area contributed by atoms with Crippen LogP contribution in [0.5, 0.6) is 34.5 Å². The topological polar surface area (TPSA) is 96.0 Å². The first-order valence-electron chi connectivity index (χ1n) is 20.3. The first-order chi connectivity index (χ1) is 27.4. The summed E-state index contributed by atoms with van der Waals surface area (Å²) in [5, 5.41) is 0. The van der Waals surface area contributed by atoms with Crippen LogP contribution in [0.3, 0.4) is 0 Å². The minimum absolute atomic E-state index is 0.0617. The minimum atomic E-state index is 0.0617. The average Bonchev–Trinajstić information content (AvgIpc) is 3.24. The number of ether oxygens (including phenoxy) is 6. The molecule has 2 aliphatic carbocycles. The fraction of sp³-hybridized carbons (Fsp3) is 0.522. The molecule has 10 heteroatoms. The second-order valence-corrected chi connectivity index (χ2v) is 14.4. The molecule has 2 aromatic rings. The Balaban J connectivity index is 1.31. The van der Waals surface area contributed by atoms with E-state index in [1.54, 1.807) is 54.8 Å². The molecule has 10 nitrogen and oxygen atoms in total. The fourth-order valence-electron chi connectivity index (χ4n) is 7.84. The number of unbranched alkanes of at least 4 members (excludes halogenated alkanes) is 3. The first-order valence-corrected chi connectivity index (χ1v) is 20.3. The third-order valence-corrected chi connectivity index (χ3v) is 10.8. The lowest BCUT2D eigenvalue weighted by Gasteiger charge is -2.34. The van der Waals surface area contributed by atoms with Crippen molar-refractivity contribution in [2.45, 2.75) is 102 Å². The van der Waals surface area contributed by atoms with E-state index in [1.165, 1.54) is 38.5 Å². The molecule has 0 bridgehead atoms. The van der Waals surface area contributed by atoms with Crippen molar-refractivity contribution in [2.24, 2.45) is 0 Å². The largest absolute Gasteiger partial charge is 0.493 e. The number of carbonyl (C=O) groups is 2. The van der Waals surface area contributed by atoms with Gasteiger partial charge in [0, 0.05) is 37.3 Å². The van der Waals surface area contributed by atoms with Gasteiger partial charge in [-0.05, 0) is 73.9 Å². The van der Waals surface area contributed by atoms with Crippen molar-refractivity contribution >= 4 is 24.0 Å². The van der Waals surface area contributed by atoms with Gasteiger partial charge >= 0.3 is 0 Å². The van der Waals surface area contributed by atoms with Crippen LogP contribution in [0.4, 0.5) is 0 Å². The van der Waals surface area contributed by atoms with E-state index in [0.717, 1.165) is 75.6 Å². The van der Waals surface area contributed by atoms with Crippen molar-refractivity contribution in [2.75, 3.05) is 55.7 Å². The molecular formula is C46H64N2O8. The van der Waals surface area contributed by atoms with E-state index in [2.05, 4.69) is 9.80 Å². The van der Waals surface area contributed by atoms with Gasteiger partial charge in [0.1, 0.15) is 0 Å². The summed E-state index contributed by atoms with van der Waals surface area (Å²) in [6.07, 6.45) is 29.9. The maximum atomic E-state index is 13.5. The highest BCUT2D eigenvalue weighted by Gasteiger charge is 2.25. The van der Waals surface area contributed by atoms with E-state index in [0.29, 0.717) is 34.5 Å². The SMILES string of the molecule is COc1cc(C=CC=CC(=O)N(CCCCCCN(C(=O)C=CC=Cc2cc(OC)c(OC)c(OC)c2)C2CCCCC2)C2CCCCC2)cc(OC)c1OC. The molecule has 2 saturated carbocycles. The number of methoxy groups -OCH3 is 6. The molecule has 2 fully saturated rings. The summed E-state index contributed by atoms with van der Waals surface area (Å²) in [5.41, 5.74) is 1.76. The normalized spacial score (nSPS) is 15.5. The number of hydrogen-bond acceptors (Lipinski definition) is 8. The minimum Gasteiger partial charge on any atom is -0.493 e. The Labute approximate surface area is 335 Å². The summed E-state index contributed by atoms with van der Waals surface area (Å²) in [7, 11) is 9.54. The number of allylic oxidation sites excluding steroid dienone is 4. The van der Waals surface area contributed by atoms with Crippen LogP contribution >= 0.6 is 0 Å². The smallest absolute Gasteiger partial charge is 0.246 e. The quantitative estimate of drug-likeness (QED) is 0.0704. The van der Waals surface area contributed by atoms with Crippen molar-refractivity contribution in [1.29, 1.82) is 0 Å². The number of nitrogens with zero attached hydrogens (tertiary/aromatic N) is 2. The average molecular weight is 773 g/mol. The third kappa shape index (κ3) is 12.8. The van der Waals surface area contributed by atoms with E-state index < -0.39 is 0 Å². The summed E-state index contributed by atoms with van der Waals surface area (Å²) in [5.74, 6) is 3.54. The van der Waals surface area contributed by atoms with Crippen molar-refractivity contribution in [1.82, 2.24) is 9.80 Å². The maximum absolute atomic E-state index is 13.5. The molecule has 2 aliphatic rings.